The minimum Gasteiger partial charge on any atom is -0.483 e. The van der Waals surface area contributed by atoms with Gasteiger partial charge in [-0.25, -0.2) is 0 Å². The lowest BCUT2D eigenvalue weighted by Gasteiger charge is -2.12. The summed E-state index contributed by atoms with van der Waals surface area (Å²) in [7, 11) is 0. The maximum Gasteiger partial charge on any atom is 0.262 e. The standard InChI is InChI=1S/C21H21ClN2O4/c1-2-27-13-12-24-11-10-17-18(21(24)26)4-3-5-19(17)28-14-20(25)23-16-8-6-15(22)7-9-16/h3-11H,2,12-14H2,1H3,(H,23,25). The molecule has 0 atom stereocenters. The summed E-state index contributed by atoms with van der Waals surface area (Å²) in [6.45, 7) is 3.31. The lowest BCUT2D eigenvalue weighted by atomic mass is 10.1. The van der Waals surface area contributed by atoms with E-state index in [1.54, 1.807) is 53.2 Å². The van der Waals surface area contributed by atoms with Crippen molar-refractivity contribution in [3.63, 3.8) is 0 Å². The van der Waals surface area contributed by atoms with Crippen molar-refractivity contribution in [1.82, 2.24) is 4.57 Å². The van der Waals surface area contributed by atoms with Gasteiger partial charge in [-0.1, -0.05) is 17.7 Å². The van der Waals surface area contributed by atoms with Crippen LogP contribution in [0.3, 0.4) is 0 Å². The fourth-order valence-electron chi connectivity index (χ4n) is 2.77. The summed E-state index contributed by atoms with van der Waals surface area (Å²) in [4.78, 5) is 24.8. The van der Waals surface area contributed by atoms with Crippen LogP contribution in [0.2, 0.25) is 5.02 Å². The molecule has 3 rings (SSSR count). The highest BCUT2D eigenvalue weighted by molar-refractivity contribution is 6.30. The average molecular weight is 401 g/mol. The maximum absolute atomic E-state index is 12.6. The molecule has 1 amide bonds. The number of anilines is 1. The number of carbonyl (C=O) groups excluding carboxylic acids is 1. The summed E-state index contributed by atoms with van der Waals surface area (Å²) in [5.41, 5.74) is 0.515. The number of fused-ring (bicyclic) bond motifs is 1. The Morgan fingerprint density at radius 2 is 1.89 bits per heavy atom. The van der Waals surface area contributed by atoms with Crippen molar-refractivity contribution in [2.75, 3.05) is 25.1 Å². The Morgan fingerprint density at radius 1 is 1.11 bits per heavy atom. The first kappa shape index (κ1) is 19.9. The summed E-state index contributed by atoms with van der Waals surface area (Å²) >= 11 is 5.83. The van der Waals surface area contributed by atoms with Gasteiger partial charge in [0.25, 0.3) is 11.5 Å². The molecule has 0 saturated heterocycles. The molecule has 1 aromatic heterocycles. The van der Waals surface area contributed by atoms with Crippen molar-refractivity contribution >= 4 is 34.0 Å². The summed E-state index contributed by atoms with van der Waals surface area (Å²) < 4.78 is 12.6. The Morgan fingerprint density at radius 3 is 2.64 bits per heavy atom. The van der Waals surface area contributed by atoms with Crippen LogP contribution in [-0.2, 0) is 16.1 Å². The van der Waals surface area contributed by atoms with Crippen LogP contribution in [0.4, 0.5) is 5.69 Å². The smallest absolute Gasteiger partial charge is 0.262 e. The van der Waals surface area contributed by atoms with Crippen LogP contribution in [0.5, 0.6) is 5.75 Å². The van der Waals surface area contributed by atoms with Crippen molar-refractivity contribution in [2.24, 2.45) is 0 Å². The number of ether oxygens (including phenoxy) is 2. The first-order valence-corrected chi connectivity index (χ1v) is 9.34. The molecule has 0 unspecified atom stereocenters. The van der Waals surface area contributed by atoms with Crippen LogP contribution in [0.1, 0.15) is 6.92 Å². The largest absolute Gasteiger partial charge is 0.483 e. The van der Waals surface area contributed by atoms with Gasteiger partial charge in [0, 0.05) is 35.4 Å². The number of nitrogens with zero attached hydrogens (tertiary/aromatic N) is 1. The normalized spacial score (nSPS) is 10.8. The average Bonchev–Trinajstić information content (AvgIpc) is 2.70. The number of halogens is 1. The van der Waals surface area contributed by atoms with Crippen LogP contribution in [0.15, 0.2) is 59.5 Å². The zero-order chi connectivity index (χ0) is 19.9. The van der Waals surface area contributed by atoms with E-state index in [0.29, 0.717) is 47.0 Å². The van der Waals surface area contributed by atoms with E-state index < -0.39 is 0 Å². The van der Waals surface area contributed by atoms with E-state index >= 15 is 0 Å². The number of benzene rings is 2. The molecular weight excluding hydrogens is 380 g/mol. The number of carbonyl (C=O) groups is 1. The fraction of sp³-hybridized carbons (Fsp3) is 0.238. The van der Waals surface area contributed by atoms with Crippen molar-refractivity contribution in [2.45, 2.75) is 13.5 Å². The first-order valence-electron chi connectivity index (χ1n) is 8.96. The van der Waals surface area contributed by atoms with E-state index in [9.17, 15) is 9.59 Å². The monoisotopic (exact) mass is 400 g/mol. The molecule has 0 aliphatic heterocycles. The Bertz CT molecular complexity index is 1020. The van der Waals surface area contributed by atoms with Crippen LogP contribution >= 0.6 is 11.6 Å². The fourth-order valence-corrected chi connectivity index (χ4v) is 2.90. The summed E-state index contributed by atoms with van der Waals surface area (Å²) in [6.07, 6.45) is 1.71. The van der Waals surface area contributed by atoms with Crippen molar-refractivity contribution in [1.29, 1.82) is 0 Å². The Labute approximate surface area is 167 Å². The zero-order valence-corrected chi connectivity index (χ0v) is 16.2. The molecule has 0 spiro atoms. The topological polar surface area (TPSA) is 69.6 Å². The summed E-state index contributed by atoms with van der Waals surface area (Å²) in [6, 6.07) is 13.8. The summed E-state index contributed by atoms with van der Waals surface area (Å²) in [5.74, 6) is 0.183. The molecule has 2 aromatic carbocycles. The molecule has 146 valence electrons. The lowest BCUT2D eigenvalue weighted by Crippen LogP contribution is -2.22. The van der Waals surface area contributed by atoms with Gasteiger partial charge >= 0.3 is 0 Å². The zero-order valence-electron chi connectivity index (χ0n) is 15.5. The molecular formula is C21H21ClN2O4. The van der Waals surface area contributed by atoms with Gasteiger partial charge in [-0.3, -0.25) is 9.59 Å². The van der Waals surface area contributed by atoms with E-state index in [0.717, 1.165) is 0 Å². The molecule has 0 bridgehead atoms. The summed E-state index contributed by atoms with van der Waals surface area (Å²) in [5, 5.41) is 4.53. The third kappa shape index (κ3) is 4.91. The van der Waals surface area contributed by atoms with Crippen LogP contribution in [0, 0.1) is 0 Å². The van der Waals surface area contributed by atoms with Gasteiger partial charge in [0.2, 0.25) is 0 Å². The third-order valence-electron chi connectivity index (χ3n) is 4.15. The highest BCUT2D eigenvalue weighted by atomic mass is 35.5. The van der Waals surface area contributed by atoms with Gasteiger partial charge in [0.15, 0.2) is 6.61 Å². The number of pyridine rings is 1. The minimum atomic E-state index is -0.301. The number of nitrogens with one attached hydrogen (secondary N) is 1. The number of aromatic nitrogens is 1. The van der Waals surface area contributed by atoms with Crippen LogP contribution < -0.4 is 15.6 Å². The van der Waals surface area contributed by atoms with E-state index in [1.807, 2.05) is 13.0 Å². The van der Waals surface area contributed by atoms with Gasteiger partial charge in [-0.15, -0.1) is 0 Å². The molecule has 0 saturated carbocycles. The molecule has 6 nitrogen and oxygen atoms in total. The lowest BCUT2D eigenvalue weighted by molar-refractivity contribution is -0.118. The van der Waals surface area contributed by atoms with Gasteiger partial charge in [-0.2, -0.15) is 0 Å². The Balaban J connectivity index is 1.70. The molecule has 1 heterocycles. The van der Waals surface area contributed by atoms with Gasteiger partial charge in [-0.05, 0) is 49.4 Å². The van der Waals surface area contributed by atoms with Crippen molar-refractivity contribution < 1.29 is 14.3 Å². The number of hydrogen-bond donors (Lipinski definition) is 1. The molecule has 0 fully saturated rings. The molecule has 0 aliphatic rings. The maximum atomic E-state index is 12.6. The Kier molecular flexibility index (Phi) is 6.68. The highest BCUT2D eigenvalue weighted by Crippen LogP contribution is 2.23. The predicted octanol–water partition coefficient (Wildman–Crippen LogP) is 3.71. The second kappa shape index (κ2) is 9.39. The minimum absolute atomic E-state index is 0.117. The SMILES string of the molecule is CCOCCn1ccc2c(OCC(=O)Nc3ccc(Cl)cc3)cccc2c1=O. The van der Waals surface area contributed by atoms with E-state index in [4.69, 9.17) is 21.1 Å². The van der Waals surface area contributed by atoms with E-state index in [1.165, 1.54) is 0 Å². The molecule has 3 aromatic rings. The molecule has 28 heavy (non-hydrogen) atoms. The van der Waals surface area contributed by atoms with Gasteiger partial charge < -0.3 is 19.4 Å². The van der Waals surface area contributed by atoms with E-state index in [2.05, 4.69) is 5.32 Å². The van der Waals surface area contributed by atoms with Crippen molar-refractivity contribution in [3.05, 3.63) is 70.1 Å². The van der Waals surface area contributed by atoms with E-state index in [-0.39, 0.29) is 18.1 Å². The molecule has 1 N–H and O–H groups in total. The number of rotatable bonds is 8. The predicted molar refractivity (Wildman–Crippen MR) is 110 cm³/mol. The molecule has 7 heteroatoms. The van der Waals surface area contributed by atoms with Gasteiger partial charge in [0.05, 0.1) is 12.0 Å². The molecule has 0 aliphatic carbocycles. The van der Waals surface area contributed by atoms with Crippen LogP contribution in [0.25, 0.3) is 10.8 Å². The number of hydrogen-bond acceptors (Lipinski definition) is 4. The first-order chi connectivity index (χ1) is 13.6. The highest BCUT2D eigenvalue weighted by Gasteiger charge is 2.10. The van der Waals surface area contributed by atoms with Gasteiger partial charge in [0.1, 0.15) is 5.75 Å². The molecule has 0 radical (unpaired) electrons. The Hall–Kier alpha value is -2.83. The second-order valence-corrected chi connectivity index (χ2v) is 6.51. The van der Waals surface area contributed by atoms with Crippen molar-refractivity contribution in [3.8, 4) is 5.75 Å². The third-order valence-corrected chi connectivity index (χ3v) is 4.40. The van der Waals surface area contributed by atoms with Crippen LogP contribution in [-0.4, -0.2) is 30.3 Å². The second-order valence-electron chi connectivity index (χ2n) is 6.07. The quantitative estimate of drug-likeness (QED) is 0.585. The number of amides is 1.